The molecule has 0 amide bonds. The van der Waals surface area contributed by atoms with Gasteiger partial charge >= 0.3 is 0 Å². The number of rotatable bonds is 1. The molecule has 1 aromatic rings. The van der Waals surface area contributed by atoms with Crippen molar-refractivity contribution in [3.05, 3.63) is 46.9 Å². The van der Waals surface area contributed by atoms with E-state index < -0.39 is 0 Å². The quantitative estimate of drug-likeness (QED) is 0.626. The molecule has 1 rings (SSSR count). The second kappa shape index (κ2) is 3.59. The van der Waals surface area contributed by atoms with E-state index in [1.165, 1.54) is 0 Å². The van der Waals surface area contributed by atoms with Crippen molar-refractivity contribution in [1.29, 1.82) is 0 Å². The van der Waals surface area contributed by atoms with Gasteiger partial charge in [-0.05, 0) is 24.6 Å². The Morgan fingerprint density at radius 3 is 2.50 bits per heavy atom. The molecule has 2 heteroatoms. The zero-order valence-electron chi connectivity index (χ0n) is 6.78. The number of aromatic hydroxyl groups is 1. The summed E-state index contributed by atoms with van der Waals surface area (Å²) >= 11 is 0. The minimum absolute atomic E-state index is 0.243. The van der Waals surface area contributed by atoms with Gasteiger partial charge in [0.05, 0.1) is 6.57 Å². The Labute approximate surface area is 71.6 Å². The minimum Gasteiger partial charge on any atom is -0.508 e. The van der Waals surface area contributed by atoms with Gasteiger partial charge in [0.2, 0.25) is 0 Å². The second-order valence-electron chi connectivity index (χ2n) is 2.49. The van der Waals surface area contributed by atoms with E-state index in [0.29, 0.717) is 5.70 Å². The van der Waals surface area contributed by atoms with E-state index in [1.807, 2.05) is 0 Å². The number of hydrogen-bond acceptors (Lipinski definition) is 1. The van der Waals surface area contributed by atoms with Crippen molar-refractivity contribution in [2.45, 2.75) is 6.92 Å². The molecule has 2 nitrogen and oxygen atoms in total. The van der Waals surface area contributed by atoms with E-state index in [1.54, 1.807) is 37.3 Å². The van der Waals surface area contributed by atoms with Gasteiger partial charge in [0, 0.05) is 0 Å². The highest BCUT2D eigenvalue weighted by Crippen LogP contribution is 2.12. The van der Waals surface area contributed by atoms with Gasteiger partial charge in [-0.1, -0.05) is 18.2 Å². The highest BCUT2D eigenvalue weighted by molar-refractivity contribution is 5.54. The first kappa shape index (κ1) is 8.35. The third-order valence-electron chi connectivity index (χ3n) is 1.44. The van der Waals surface area contributed by atoms with Crippen LogP contribution in [0.2, 0.25) is 0 Å². The van der Waals surface area contributed by atoms with E-state index >= 15 is 0 Å². The van der Waals surface area contributed by atoms with Crippen molar-refractivity contribution in [1.82, 2.24) is 0 Å². The lowest BCUT2D eigenvalue weighted by atomic mass is 10.2. The normalized spacial score (nSPS) is 10.8. The maximum absolute atomic E-state index is 8.97. The molecule has 0 bridgehead atoms. The van der Waals surface area contributed by atoms with Gasteiger partial charge in [0.25, 0.3) is 0 Å². The molecule has 1 aromatic carbocycles. The number of phenols is 1. The maximum atomic E-state index is 8.97. The first-order chi connectivity index (χ1) is 5.72. The number of benzene rings is 1. The lowest BCUT2D eigenvalue weighted by Crippen LogP contribution is -1.71. The smallest absolute Gasteiger partial charge is 0.163 e. The monoisotopic (exact) mass is 159 g/mol. The summed E-state index contributed by atoms with van der Waals surface area (Å²) in [6.07, 6.45) is 1.77. The van der Waals surface area contributed by atoms with Crippen LogP contribution in [0.3, 0.4) is 0 Å². The summed E-state index contributed by atoms with van der Waals surface area (Å²) in [5.41, 5.74) is 1.57. The number of hydrogen-bond donors (Lipinski definition) is 1. The van der Waals surface area contributed by atoms with Gasteiger partial charge in [-0.3, -0.25) is 0 Å². The van der Waals surface area contributed by atoms with Crippen LogP contribution in [0.5, 0.6) is 5.75 Å². The fraction of sp³-hybridized carbons (Fsp3) is 0.100. The van der Waals surface area contributed by atoms with Gasteiger partial charge in [-0.2, -0.15) is 0 Å². The number of phenolic OH excluding ortho intramolecular Hbond substituents is 1. The first-order valence-electron chi connectivity index (χ1n) is 3.57. The minimum atomic E-state index is 0.243. The lowest BCUT2D eigenvalue weighted by molar-refractivity contribution is 0.475. The Bertz CT molecular complexity index is 330. The highest BCUT2D eigenvalue weighted by atomic mass is 16.3. The van der Waals surface area contributed by atoms with Crippen molar-refractivity contribution < 1.29 is 5.11 Å². The largest absolute Gasteiger partial charge is 0.508 e. The van der Waals surface area contributed by atoms with E-state index in [4.69, 9.17) is 11.7 Å². The Kier molecular flexibility index (Phi) is 2.49. The summed E-state index contributed by atoms with van der Waals surface area (Å²) in [5, 5.41) is 8.97. The number of nitrogens with zero attached hydrogens (tertiary/aromatic N) is 1. The van der Waals surface area contributed by atoms with Crippen molar-refractivity contribution in [3.63, 3.8) is 0 Å². The molecule has 0 heterocycles. The van der Waals surface area contributed by atoms with Crippen LogP contribution < -0.4 is 0 Å². The summed E-state index contributed by atoms with van der Waals surface area (Å²) in [4.78, 5) is 3.25. The van der Waals surface area contributed by atoms with Crippen LogP contribution in [0.4, 0.5) is 0 Å². The highest BCUT2D eigenvalue weighted by Gasteiger charge is 1.89. The van der Waals surface area contributed by atoms with Crippen LogP contribution >= 0.6 is 0 Å². The average molecular weight is 159 g/mol. The molecule has 0 aromatic heterocycles. The third kappa shape index (κ3) is 2.14. The zero-order chi connectivity index (χ0) is 8.97. The van der Waals surface area contributed by atoms with Crippen molar-refractivity contribution in [2.24, 2.45) is 0 Å². The molecule has 60 valence electrons. The molecule has 0 spiro atoms. The van der Waals surface area contributed by atoms with Crippen LogP contribution in [-0.2, 0) is 0 Å². The summed E-state index contributed by atoms with van der Waals surface area (Å²) in [6, 6.07) is 6.74. The maximum Gasteiger partial charge on any atom is 0.163 e. The van der Waals surface area contributed by atoms with E-state index in [9.17, 15) is 0 Å². The van der Waals surface area contributed by atoms with E-state index in [-0.39, 0.29) is 5.75 Å². The zero-order valence-corrected chi connectivity index (χ0v) is 6.78. The fourth-order valence-electron chi connectivity index (χ4n) is 0.844. The molecule has 1 N–H and O–H groups in total. The van der Waals surface area contributed by atoms with Crippen LogP contribution in [0.25, 0.3) is 10.9 Å². The lowest BCUT2D eigenvalue weighted by Gasteiger charge is -1.93. The Morgan fingerprint density at radius 1 is 1.42 bits per heavy atom. The Morgan fingerprint density at radius 2 is 2.00 bits per heavy atom. The van der Waals surface area contributed by atoms with Crippen LogP contribution in [0.1, 0.15) is 12.5 Å². The molecule has 0 aliphatic heterocycles. The van der Waals surface area contributed by atoms with Crippen molar-refractivity contribution in [2.75, 3.05) is 0 Å². The summed E-state index contributed by atoms with van der Waals surface area (Å²) in [5.74, 6) is 0.243. The summed E-state index contributed by atoms with van der Waals surface area (Å²) < 4.78 is 0. The second-order valence-corrected chi connectivity index (χ2v) is 2.49. The van der Waals surface area contributed by atoms with Crippen molar-refractivity contribution in [3.8, 4) is 5.75 Å². The van der Waals surface area contributed by atoms with E-state index in [2.05, 4.69) is 4.85 Å². The SMILES string of the molecule is [C-]#[N+]/C(C)=C\c1ccc(O)cc1. The molecule has 0 unspecified atom stereocenters. The Balaban J connectivity index is 2.93. The number of allylic oxidation sites excluding steroid dienone is 1. The standard InChI is InChI=1S/C10H9NO/c1-8(11-2)7-9-3-5-10(12)6-4-9/h3-7,12H,1H3/b8-7-. The molecular weight excluding hydrogens is 150 g/mol. The summed E-state index contributed by atoms with van der Waals surface area (Å²) in [7, 11) is 0. The van der Waals surface area contributed by atoms with Gasteiger partial charge < -0.3 is 5.11 Å². The molecule has 0 aliphatic rings. The van der Waals surface area contributed by atoms with Gasteiger partial charge in [-0.25, -0.2) is 4.85 Å². The topological polar surface area (TPSA) is 24.6 Å². The predicted molar refractivity (Wildman–Crippen MR) is 48.4 cm³/mol. The Hall–Kier alpha value is -1.75. The molecule has 0 aliphatic carbocycles. The fourth-order valence-corrected chi connectivity index (χ4v) is 0.844. The van der Waals surface area contributed by atoms with E-state index in [0.717, 1.165) is 5.56 Å². The van der Waals surface area contributed by atoms with Gasteiger partial charge in [0.15, 0.2) is 5.70 Å². The molecule has 0 saturated carbocycles. The predicted octanol–water partition coefficient (Wildman–Crippen LogP) is 2.67. The molecule has 0 saturated heterocycles. The molecule has 12 heavy (non-hydrogen) atoms. The molecule has 0 radical (unpaired) electrons. The van der Waals surface area contributed by atoms with Gasteiger partial charge in [0.1, 0.15) is 5.75 Å². The molecule has 0 fully saturated rings. The summed E-state index contributed by atoms with van der Waals surface area (Å²) in [6.45, 7) is 8.46. The first-order valence-corrected chi connectivity index (χ1v) is 3.57. The average Bonchev–Trinajstić information content (AvgIpc) is 2.09. The van der Waals surface area contributed by atoms with Crippen LogP contribution in [0, 0.1) is 6.57 Å². The van der Waals surface area contributed by atoms with Crippen molar-refractivity contribution >= 4 is 6.08 Å². The molecule has 0 atom stereocenters. The van der Waals surface area contributed by atoms with Gasteiger partial charge in [-0.15, -0.1) is 0 Å². The molecular formula is C10H9NO. The van der Waals surface area contributed by atoms with Crippen LogP contribution in [0.15, 0.2) is 30.0 Å². The third-order valence-corrected chi connectivity index (χ3v) is 1.44. The van der Waals surface area contributed by atoms with Crippen LogP contribution in [-0.4, -0.2) is 5.11 Å².